The lowest BCUT2D eigenvalue weighted by Gasteiger charge is -2.34. The van der Waals surface area contributed by atoms with Crippen LogP contribution in [0.2, 0.25) is 0 Å². The normalized spacial score (nSPS) is 24.8. The fourth-order valence-corrected chi connectivity index (χ4v) is 2.62. The third-order valence-corrected chi connectivity index (χ3v) is 3.32. The predicted molar refractivity (Wildman–Crippen MR) is 76.0 cm³/mol. The quantitative estimate of drug-likeness (QED) is 0.802. The van der Waals surface area contributed by atoms with Crippen molar-refractivity contribution < 1.29 is 9.15 Å². The Morgan fingerprint density at radius 3 is 2.58 bits per heavy atom. The number of ether oxygens (including phenoxy) is 1. The monoisotopic (exact) mass is 266 g/mol. The van der Waals surface area contributed by atoms with Gasteiger partial charge in [0.2, 0.25) is 0 Å². The SMILES string of the molecule is CCCNCc1ccc(CN2C[C@@H](C)O[C@@H](C)C2)o1. The number of nitrogens with one attached hydrogen (secondary N) is 1. The molecule has 4 heteroatoms. The third-order valence-electron chi connectivity index (χ3n) is 3.32. The summed E-state index contributed by atoms with van der Waals surface area (Å²) in [5, 5.41) is 3.36. The third kappa shape index (κ3) is 4.64. The van der Waals surface area contributed by atoms with E-state index < -0.39 is 0 Å². The summed E-state index contributed by atoms with van der Waals surface area (Å²) in [7, 11) is 0. The van der Waals surface area contributed by atoms with Crippen LogP contribution in [0.3, 0.4) is 0 Å². The van der Waals surface area contributed by atoms with E-state index in [2.05, 4.69) is 43.1 Å². The van der Waals surface area contributed by atoms with E-state index in [1.807, 2.05) is 0 Å². The van der Waals surface area contributed by atoms with Gasteiger partial charge >= 0.3 is 0 Å². The van der Waals surface area contributed by atoms with E-state index in [1.54, 1.807) is 0 Å². The molecule has 0 spiro atoms. The van der Waals surface area contributed by atoms with Crippen molar-refractivity contribution in [2.75, 3.05) is 19.6 Å². The van der Waals surface area contributed by atoms with Gasteiger partial charge in [-0.1, -0.05) is 6.92 Å². The van der Waals surface area contributed by atoms with Gasteiger partial charge in [-0.3, -0.25) is 4.90 Å². The second-order valence-corrected chi connectivity index (χ2v) is 5.50. The summed E-state index contributed by atoms with van der Waals surface area (Å²) < 4.78 is 11.6. The number of morpholine rings is 1. The molecule has 0 unspecified atom stereocenters. The average Bonchev–Trinajstić information content (AvgIpc) is 2.76. The van der Waals surface area contributed by atoms with E-state index in [9.17, 15) is 0 Å². The van der Waals surface area contributed by atoms with Gasteiger partial charge < -0.3 is 14.5 Å². The molecule has 0 bridgehead atoms. The molecule has 108 valence electrons. The van der Waals surface area contributed by atoms with Crippen LogP contribution in [0.5, 0.6) is 0 Å². The van der Waals surface area contributed by atoms with Crippen LogP contribution in [0.15, 0.2) is 16.5 Å². The summed E-state index contributed by atoms with van der Waals surface area (Å²) in [4.78, 5) is 2.40. The van der Waals surface area contributed by atoms with Crippen LogP contribution in [0.25, 0.3) is 0 Å². The molecule has 0 radical (unpaired) electrons. The molecule has 4 nitrogen and oxygen atoms in total. The lowest BCUT2D eigenvalue weighted by atomic mass is 10.2. The van der Waals surface area contributed by atoms with E-state index in [4.69, 9.17) is 9.15 Å². The molecule has 2 heterocycles. The van der Waals surface area contributed by atoms with Crippen molar-refractivity contribution in [3.63, 3.8) is 0 Å². The molecule has 0 saturated carbocycles. The minimum absolute atomic E-state index is 0.310. The van der Waals surface area contributed by atoms with Gasteiger partial charge in [0.1, 0.15) is 11.5 Å². The molecule has 0 aromatic carbocycles. The molecule has 1 aromatic heterocycles. The standard InChI is InChI=1S/C15H26N2O2/c1-4-7-16-8-14-5-6-15(19-14)11-17-9-12(2)18-13(3)10-17/h5-6,12-13,16H,4,7-11H2,1-3H3/t12-,13+. The number of rotatable bonds is 6. The molecular weight excluding hydrogens is 240 g/mol. The van der Waals surface area contributed by atoms with Crippen LogP contribution >= 0.6 is 0 Å². The first kappa shape index (κ1) is 14.6. The predicted octanol–water partition coefficient (Wildman–Crippen LogP) is 2.39. The molecule has 0 amide bonds. The first-order valence-electron chi connectivity index (χ1n) is 7.33. The van der Waals surface area contributed by atoms with Crippen LogP contribution in [0, 0.1) is 0 Å². The molecule has 1 aliphatic rings. The number of hydrogen-bond acceptors (Lipinski definition) is 4. The first-order chi connectivity index (χ1) is 9.17. The van der Waals surface area contributed by atoms with Crippen molar-refractivity contribution in [2.45, 2.75) is 52.5 Å². The first-order valence-corrected chi connectivity index (χ1v) is 7.33. The van der Waals surface area contributed by atoms with Crippen molar-refractivity contribution in [1.29, 1.82) is 0 Å². The van der Waals surface area contributed by atoms with E-state index in [0.717, 1.165) is 50.7 Å². The largest absolute Gasteiger partial charge is 0.463 e. The second-order valence-electron chi connectivity index (χ2n) is 5.50. The van der Waals surface area contributed by atoms with Crippen molar-refractivity contribution in [3.05, 3.63) is 23.7 Å². The highest BCUT2D eigenvalue weighted by atomic mass is 16.5. The zero-order chi connectivity index (χ0) is 13.7. The fraction of sp³-hybridized carbons (Fsp3) is 0.733. The summed E-state index contributed by atoms with van der Waals surface area (Å²) in [6, 6.07) is 4.17. The molecule has 1 aliphatic heterocycles. The van der Waals surface area contributed by atoms with Gasteiger partial charge in [-0.05, 0) is 38.9 Å². The maximum Gasteiger partial charge on any atom is 0.118 e. The van der Waals surface area contributed by atoms with Crippen LogP contribution in [-0.4, -0.2) is 36.7 Å². The Morgan fingerprint density at radius 1 is 1.21 bits per heavy atom. The highest BCUT2D eigenvalue weighted by Gasteiger charge is 2.22. The van der Waals surface area contributed by atoms with Crippen molar-refractivity contribution in [2.24, 2.45) is 0 Å². The Balaban J connectivity index is 1.82. The summed E-state index contributed by atoms with van der Waals surface area (Å²) in [5.74, 6) is 2.08. The Kier molecular flexibility index (Phi) is 5.43. The number of nitrogens with zero attached hydrogens (tertiary/aromatic N) is 1. The van der Waals surface area contributed by atoms with Crippen molar-refractivity contribution >= 4 is 0 Å². The van der Waals surface area contributed by atoms with Crippen molar-refractivity contribution in [3.8, 4) is 0 Å². The molecule has 2 rings (SSSR count). The van der Waals surface area contributed by atoms with Crippen LogP contribution in [0.4, 0.5) is 0 Å². The molecule has 0 aliphatic carbocycles. The molecule has 2 atom stereocenters. The highest BCUT2D eigenvalue weighted by Crippen LogP contribution is 2.16. The summed E-state index contributed by atoms with van der Waals surface area (Å²) in [6.45, 7) is 11.1. The maximum absolute atomic E-state index is 5.86. The molecule has 1 aromatic rings. The zero-order valence-corrected chi connectivity index (χ0v) is 12.3. The van der Waals surface area contributed by atoms with E-state index in [1.165, 1.54) is 0 Å². The topological polar surface area (TPSA) is 37.6 Å². The van der Waals surface area contributed by atoms with Gasteiger partial charge in [0, 0.05) is 13.1 Å². The summed E-state index contributed by atoms with van der Waals surface area (Å²) in [5.41, 5.74) is 0. The fourth-order valence-electron chi connectivity index (χ4n) is 2.62. The van der Waals surface area contributed by atoms with Gasteiger partial charge in [-0.25, -0.2) is 0 Å². The lowest BCUT2D eigenvalue weighted by molar-refractivity contribution is -0.0718. The van der Waals surface area contributed by atoms with Gasteiger partial charge in [0.15, 0.2) is 0 Å². The van der Waals surface area contributed by atoms with Crippen molar-refractivity contribution in [1.82, 2.24) is 10.2 Å². The highest BCUT2D eigenvalue weighted by molar-refractivity contribution is 5.07. The summed E-state index contributed by atoms with van der Waals surface area (Å²) in [6.07, 6.45) is 1.77. The Labute approximate surface area is 116 Å². The molecule has 19 heavy (non-hydrogen) atoms. The Hall–Kier alpha value is -0.840. The van der Waals surface area contributed by atoms with E-state index in [0.29, 0.717) is 12.2 Å². The van der Waals surface area contributed by atoms with Gasteiger partial charge in [0.25, 0.3) is 0 Å². The minimum Gasteiger partial charge on any atom is -0.463 e. The minimum atomic E-state index is 0.310. The second kappa shape index (κ2) is 7.08. The zero-order valence-electron chi connectivity index (χ0n) is 12.3. The lowest BCUT2D eigenvalue weighted by Crippen LogP contribution is -2.44. The van der Waals surface area contributed by atoms with E-state index in [-0.39, 0.29) is 0 Å². The maximum atomic E-state index is 5.86. The molecule has 1 saturated heterocycles. The molecule has 1 fully saturated rings. The number of furan rings is 1. The summed E-state index contributed by atoms with van der Waals surface area (Å²) >= 11 is 0. The Bertz CT molecular complexity index is 368. The van der Waals surface area contributed by atoms with Gasteiger partial charge in [-0.2, -0.15) is 0 Å². The number of hydrogen-bond donors (Lipinski definition) is 1. The smallest absolute Gasteiger partial charge is 0.118 e. The van der Waals surface area contributed by atoms with Gasteiger partial charge in [-0.15, -0.1) is 0 Å². The van der Waals surface area contributed by atoms with E-state index >= 15 is 0 Å². The molecule has 1 N–H and O–H groups in total. The average molecular weight is 266 g/mol. The van der Waals surface area contributed by atoms with Crippen LogP contribution < -0.4 is 5.32 Å². The van der Waals surface area contributed by atoms with Crippen LogP contribution in [0.1, 0.15) is 38.7 Å². The molecular formula is C15H26N2O2. The Morgan fingerprint density at radius 2 is 1.89 bits per heavy atom. The van der Waals surface area contributed by atoms with Gasteiger partial charge in [0.05, 0.1) is 25.3 Å². The van der Waals surface area contributed by atoms with Crippen LogP contribution in [-0.2, 0) is 17.8 Å².